The average molecular weight is 393 g/mol. The predicted molar refractivity (Wildman–Crippen MR) is 103 cm³/mol. The van der Waals surface area contributed by atoms with Gasteiger partial charge in [0.15, 0.2) is 5.82 Å². The number of benzene rings is 1. The van der Waals surface area contributed by atoms with Crippen LogP contribution in [-0.2, 0) is 6.54 Å². The molecule has 0 radical (unpaired) electrons. The summed E-state index contributed by atoms with van der Waals surface area (Å²) in [6.07, 6.45) is 1.61. The van der Waals surface area contributed by atoms with E-state index in [1.54, 1.807) is 23.0 Å². The lowest BCUT2D eigenvalue weighted by molar-refractivity contribution is 0.482. The number of aromatic amines is 1. The van der Waals surface area contributed by atoms with E-state index < -0.39 is 0 Å². The van der Waals surface area contributed by atoms with Crippen molar-refractivity contribution in [1.29, 1.82) is 0 Å². The normalized spacial score (nSPS) is 11.8. The highest BCUT2D eigenvalue weighted by Crippen LogP contribution is 2.21. The van der Waals surface area contributed by atoms with Crippen LogP contribution in [0.5, 0.6) is 0 Å². The number of rotatable bonds is 5. The molecule has 136 valence electrons. The number of nitrogens with one attached hydrogen (secondary N) is 1. The molecule has 0 saturated carbocycles. The maximum atomic E-state index is 13.1. The molecule has 1 N–H and O–H groups in total. The Labute approximate surface area is 160 Å². The second-order valence-corrected chi connectivity index (χ2v) is 7.03. The summed E-state index contributed by atoms with van der Waals surface area (Å²) in [7, 11) is 0. The third kappa shape index (κ3) is 3.76. The fraction of sp³-hybridized carbons (Fsp3) is 0.294. The van der Waals surface area contributed by atoms with Gasteiger partial charge in [-0.15, -0.1) is 0 Å². The van der Waals surface area contributed by atoms with E-state index in [9.17, 15) is 4.39 Å². The Morgan fingerprint density at radius 1 is 1.35 bits per heavy atom. The largest absolute Gasteiger partial charge is 0.253 e. The number of hydrogen-bond acceptors (Lipinski definition) is 4. The van der Waals surface area contributed by atoms with Gasteiger partial charge < -0.3 is 0 Å². The van der Waals surface area contributed by atoms with E-state index in [2.05, 4.69) is 34.2 Å². The highest BCUT2D eigenvalue weighted by Gasteiger charge is 2.13. The molecule has 1 aromatic carbocycles. The van der Waals surface area contributed by atoms with Gasteiger partial charge >= 0.3 is 0 Å². The zero-order valence-corrected chi connectivity index (χ0v) is 16.1. The lowest BCUT2D eigenvalue weighted by Crippen LogP contribution is -2.06. The summed E-state index contributed by atoms with van der Waals surface area (Å²) in [5, 5.41) is 16.3. The highest BCUT2D eigenvalue weighted by atomic mass is 35.5. The predicted octanol–water partition coefficient (Wildman–Crippen LogP) is 4.44. The number of nitrogens with zero attached hydrogens (tertiary/aromatic N) is 5. The van der Waals surface area contributed by atoms with E-state index in [1.165, 1.54) is 16.8 Å². The van der Waals surface area contributed by atoms with E-state index >= 15 is 0 Å². The molecule has 2 heterocycles. The van der Waals surface area contributed by atoms with Crippen molar-refractivity contribution in [3.8, 4) is 11.4 Å². The minimum Gasteiger partial charge on any atom is -0.253 e. The number of H-pyrrole nitrogens is 1. The van der Waals surface area contributed by atoms with Gasteiger partial charge in [-0.05, 0) is 49.3 Å². The lowest BCUT2D eigenvalue weighted by Gasteiger charge is -2.05. The van der Waals surface area contributed by atoms with Crippen molar-refractivity contribution in [3.63, 3.8) is 0 Å². The van der Waals surface area contributed by atoms with Crippen LogP contribution in [0.25, 0.3) is 11.4 Å². The van der Waals surface area contributed by atoms with Crippen LogP contribution in [0.4, 0.5) is 4.39 Å². The van der Waals surface area contributed by atoms with Gasteiger partial charge in [0, 0.05) is 12.1 Å². The van der Waals surface area contributed by atoms with Gasteiger partial charge in [-0.3, -0.25) is 4.68 Å². The molecule has 0 spiro atoms. The summed E-state index contributed by atoms with van der Waals surface area (Å²) in [5.74, 6) is 0.580. The van der Waals surface area contributed by atoms with Gasteiger partial charge in [0.2, 0.25) is 4.77 Å². The molecule has 0 unspecified atom stereocenters. The summed E-state index contributed by atoms with van der Waals surface area (Å²) in [4.78, 5) is 0. The zero-order valence-electron chi connectivity index (χ0n) is 14.6. The molecule has 0 aliphatic carbocycles. The highest BCUT2D eigenvalue weighted by molar-refractivity contribution is 7.71. The molecular formula is C17H18ClFN6S. The third-order valence-corrected chi connectivity index (χ3v) is 4.37. The van der Waals surface area contributed by atoms with Crippen LogP contribution in [0, 0.1) is 23.4 Å². The fourth-order valence-corrected chi connectivity index (χ4v) is 2.95. The van der Waals surface area contributed by atoms with Gasteiger partial charge in [0.05, 0.1) is 17.5 Å². The molecule has 2 aromatic heterocycles. The second-order valence-electron chi connectivity index (χ2n) is 6.28. The molecule has 0 bridgehead atoms. The molecule has 0 fully saturated rings. The van der Waals surface area contributed by atoms with Crippen molar-refractivity contribution in [3.05, 3.63) is 51.3 Å². The Balaban J connectivity index is 1.98. The molecule has 0 amide bonds. The van der Waals surface area contributed by atoms with Gasteiger partial charge in [0.1, 0.15) is 11.0 Å². The van der Waals surface area contributed by atoms with Gasteiger partial charge in [-0.25, -0.2) is 9.49 Å². The number of halogens is 2. The zero-order chi connectivity index (χ0) is 18.8. The minimum absolute atomic E-state index is 0.321. The van der Waals surface area contributed by atoms with Gasteiger partial charge in [-0.1, -0.05) is 25.4 Å². The van der Waals surface area contributed by atoms with E-state index in [0.717, 1.165) is 17.8 Å². The van der Waals surface area contributed by atoms with Crippen LogP contribution in [-0.4, -0.2) is 30.9 Å². The topological polar surface area (TPSA) is 63.8 Å². The first-order valence-corrected chi connectivity index (χ1v) is 8.86. The average Bonchev–Trinajstić information content (AvgIpc) is 3.07. The van der Waals surface area contributed by atoms with Gasteiger partial charge in [-0.2, -0.15) is 20.0 Å². The second kappa shape index (κ2) is 7.51. The molecule has 0 atom stereocenters. The van der Waals surface area contributed by atoms with Crippen molar-refractivity contribution in [2.75, 3.05) is 0 Å². The number of aromatic nitrogens is 5. The molecule has 0 aliphatic rings. The summed E-state index contributed by atoms with van der Waals surface area (Å²) < 4.78 is 16.7. The summed E-state index contributed by atoms with van der Waals surface area (Å²) >= 11 is 11.7. The van der Waals surface area contributed by atoms with E-state index in [-0.39, 0.29) is 5.82 Å². The first-order valence-electron chi connectivity index (χ1n) is 8.07. The maximum absolute atomic E-state index is 13.1. The van der Waals surface area contributed by atoms with Crippen molar-refractivity contribution in [2.45, 2.75) is 27.3 Å². The van der Waals surface area contributed by atoms with Crippen molar-refractivity contribution in [2.24, 2.45) is 11.0 Å². The van der Waals surface area contributed by atoms with Gasteiger partial charge in [0.25, 0.3) is 0 Å². The fourth-order valence-electron chi connectivity index (χ4n) is 2.48. The molecule has 26 heavy (non-hydrogen) atoms. The lowest BCUT2D eigenvalue weighted by atomic mass is 10.2. The molecule has 3 aromatic rings. The standard InChI is InChI=1S/C17H18ClFN6S/c1-10(2)9-24-15(18)14(11(3)23-24)8-20-25-16(21-22-17(25)26)12-4-6-13(19)7-5-12/h4-8,10H,9H2,1-3H3,(H,22,26). The Kier molecular flexibility index (Phi) is 5.33. The Morgan fingerprint density at radius 2 is 2.04 bits per heavy atom. The Hall–Kier alpha value is -2.32. The molecule has 0 saturated heterocycles. The molecular weight excluding hydrogens is 375 g/mol. The summed E-state index contributed by atoms with van der Waals surface area (Å²) in [6, 6.07) is 5.95. The Bertz CT molecular complexity index is 999. The van der Waals surface area contributed by atoms with Crippen LogP contribution in [0.3, 0.4) is 0 Å². The van der Waals surface area contributed by atoms with Crippen molar-refractivity contribution < 1.29 is 4.39 Å². The SMILES string of the molecule is Cc1nn(CC(C)C)c(Cl)c1C=Nn1c(-c2ccc(F)cc2)n[nH]c1=S. The van der Waals surface area contributed by atoms with Crippen molar-refractivity contribution >= 4 is 30.0 Å². The van der Waals surface area contributed by atoms with Crippen LogP contribution < -0.4 is 0 Å². The Morgan fingerprint density at radius 3 is 2.69 bits per heavy atom. The molecule has 0 aliphatic heterocycles. The monoisotopic (exact) mass is 392 g/mol. The van der Waals surface area contributed by atoms with Crippen LogP contribution >= 0.6 is 23.8 Å². The third-order valence-electron chi connectivity index (χ3n) is 3.70. The molecule has 9 heteroatoms. The van der Waals surface area contributed by atoms with E-state index in [0.29, 0.717) is 27.2 Å². The van der Waals surface area contributed by atoms with Crippen LogP contribution in [0.1, 0.15) is 25.1 Å². The van der Waals surface area contributed by atoms with E-state index in [1.807, 2.05) is 6.92 Å². The quantitative estimate of drug-likeness (QED) is 0.515. The first kappa shape index (κ1) is 18.5. The number of hydrogen-bond donors (Lipinski definition) is 1. The molecule has 6 nitrogen and oxygen atoms in total. The van der Waals surface area contributed by atoms with Crippen LogP contribution in [0.2, 0.25) is 5.15 Å². The first-order chi connectivity index (χ1) is 12.4. The number of aryl methyl sites for hydroxylation is 1. The van der Waals surface area contributed by atoms with E-state index in [4.69, 9.17) is 23.8 Å². The van der Waals surface area contributed by atoms with Crippen LogP contribution in [0.15, 0.2) is 29.4 Å². The maximum Gasteiger partial charge on any atom is 0.216 e. The summed E-state index contributed by atoms with van der Waals surface area (Å²) in [5.41, 5.74) is 2.19. The minimum atomic E-state index is -0.321. The van der Waals surface area contributed by atoms with Crippen molar-refractivity contribution in [1.82, 2.24) is 24.7 Å². The summed E-state index contributed by atoms with van der Waals surface area (Å²) in [6.45, 7) is 6.79. The smallest absolute Gasteiger partial charge is 0.216 e. The molecule has 3 rings (SSSR count).